The summed E-state index contributed by atoms with van der Waals surface area (Å²) in [5.41, 5.74) is 5.73. The fraction of sp³-hybridized carbons (Fsp3) is 0.308. The number of amides is 1. The number of aromatic nitrogens is 3. The van der Waals surface area contributed by atoms with Gasteiger partial charge in [-0.15, -0.1) is 0 Å². The van der Waals surface area contributed by atoms with E-state index in [4.69, 9.17) is 9.84 Å². The number of methoxy groups -OCH3 is 1. The zero-order valence-electron chi connectivity index (χ0n) is 18.4. The van der Waals surface area contributed by atoms with E-state index in [0.29, 0.717) is 6.42 Å². The highest BCUT2D eigenvalue weighted by Gasteiger charge is 2.44. The highest BCUT2D eigenvalue weighted by Crippen LogP contribution is 2.44. The summed E-state index contributed by atoms with van der Waals surface area (Å²) in [4.78, 5) is 15.7. The molecule has 0 N–H and O–H groups in total. The van der Waals surface area contributed by atoms with Gasteiger partial charge in [0.15, 0.2) is 0 Å². The molecule has 2 aromatic heterocycles. The summed E-state index contributed by atoms with van der Waals surface area (Å²) in [6.07, 6.45) is 7.40. The number of rotatable bonds is 4. The molecule has 6 heteroatoms. The van der Waals surface area contributed by atoms with Crippen LogP contribution in [0.5, 0.6) is 5.75 Å². The molecular formula is C26H26N4O2. The standard InChI is InChI=1S/C26H26N4O2/c1-28-16-17(21-5-3-4-6-23(21)28)13-26(31)29-19-9-12-24(29)22-15-27-30(25(22)14-19)18-7-10-20(32-2)11-8-18/h3-8,10-11,15-16,19,24H,9,12-14H2,1-2H3/t19-,24+/m1/s1. The van der Waals surface area contributed by atoms with E-state index in [1.165, 1.54) is 22.2 Å². The second kappa shape index (κ2) is 7.26. The maximum absolute atomic E-state index is 13.5. The lowest BCUT2D eigenvalue weighted by Gasteiger charge is -2.35. The third-order valence-corrected chi connectivity index (χ3v) is 7.12. The Bertz CT molecular complexity index is 1320. The molecule has 2 aliphatic rings. The zero-order valence-corrected chi connectivity index (χ0v) is 18.4. The van der Waals surface area contributed by atoms with Crippen molar-refractivity contribution in [3.8, 4) is 11.4 Å². The average Bonchev–Trinajstić information content (AvgIpc) is 3.48. The third-order valence-electron chi connectivity index (χ3n) is 7.12. The van der Waals surface area contributed by atoms with Crippen LogP contribution in [0.15, 0.2) is 60.9 Å². The molecule has 2 aromatic carbocycles. The van der Waals surface area contributed by atoms with Gasteiger partial charge in [0.1, 0.15) is 5.75 Å². The number of hydrogen-bond donors (Lipinski definition) is 0. The van der Waals surface area contributed by atoms with Gasteiger partial charge in [-0.2, -0.15) is 5.10 Å². The van der Waals surface area contributed by atoms with Crippen LogP contribution in [0.25, 0.3) is 16.6 Å². The molecule has 0 spiro atoms. The normalized spacial score (nSPS) is 19.4. The van der Waals surface area contributed by atoms with Gasteiger partial charge in [-0.25, -0.2) is 4.68 Å². The van der Waals surface area contributed by atoms with E-state index >= 15 is 0 Å². The lowest BCUT2D eigenvalue weighted by molar-refractivity contribution is -0.134. The molecule has 0 unspecified atom stereocenters. The minimum absolute atomic E-state index is 0.123. The van der Waals surface area contributed by atoms with Gasteiger partial charge < -0.3 is 14.2 Å². The predicted octanol–water partition coefficient (Wildman–Crippen LogP) is 4.20. The van der Waals surface area contributed by atoms with Crippen LogP contribution in [-0.2, 0) is 24.7 Å². The molecule has 2 bridgehead atoms. The van der Waals surface area contributed by atoms with E-state index in [2.05, 4.69) is 27.8 Å². The van der Waals surface area contributed by atoms with Crippen molar-refractivity contribution in [2.45, 2.75) is 37.8 Å². The van der Waals surface area contributed by atoms with Crippen molar-refractivity contribution in [3.63, 3.8) is 0 Å². The topological polar surface area (TPSA) is 52.3 Å². The number of aryl methyl sites for hydroxylation is 1. The Morgan fingerprint density at radius 2 is 1.94 bits per heavy atom. The largest absolute Gasteiger partial charge is 0.497 e. The summed E-state index contributed by atoms with van der Waals surface area (Å²) < 4.78 is 9.43. The van der Waals surface area contributed by atoms with Gasteiger partial charge >= 0.3 is 0 Å². The summed E-state index contributed by atoms with van der Waals surface area (Å²) in [5, 5.41) is 5.87. The Kier molecular flexibility index (Phi) is 4.35. The van der Waals surface area contributed by atoms with Crippen LogP contribution >= 0.6 is 0 Å². The SMILES string of the molecule is COc1ccc(-n2ncc3c2C[C@H]2CC[C@@H]3N2C(=O)Cc2cn(C)c3ccccc23)cc1. The van der Waals surface area contributed by atoms with Crippen molar-refractivity contribution >= 4 is 16.8 Å². The maximum atomic E-state index is 13.5. The first-order valence-corrected chi connectivity index (χ1v) is 11.2. The Hall–Kier alpha value is -3.54. The molecule has 0 radical (unpaired) electrons. The number of para-hydroxylation sites is 1. The van der Waals surface area contributed by atoms with Crippen molar-refractivity contribution < 1.29 is 9.53 Å². The van der Waals surface area contributed by atoms with E-state index < -0.39 is 0 Å². The Morgan fingerprint density at radius 1 is 1.12 bits per heavy atom. The van der Waals surface area contributed by atoms with E-state index in [-0.39, 0.29) is 18.0 Å². The maximum Gasteiger partial charge on any atom is 0.227 e. The van der Waals surface area contributed by atoms with Gasteiger partial charge in [-0.3, -0.25) is 4.79 Å². The van der Waals surface area contributed by atoms with Gasteiger partial charge in [0.2, 0.25) is 5.91 Å². The molecule has 2 atom stereocenters. The monoisotopic (exact) mass is 426 g/mol. The molecule has 4 aromatic rings. The molecule has 0 saturated carbocycles. The number of carbonyl (C=O) groups is 1. The van der Waals surface area contributed by atoms with Gasteiger partial charge in [0.05, 0.1) is 37.2 Å². The summed E-state index contributed by atoms with van der Waals surface area (Å²) in [6.45, 7) is 0. The number of carbonyl (C=O) groups excluding carboxylic acids is 1. The van der Waals surface area contributed by atoms with Gasteiger partial charge in [0.25, 0.3) is 0 Å². The number of hydrogen-bond acceptors (Lipinski definition) is 3. The molecule has 32 heavy (non-hydrogen) atoms. The van der Waals surface area contributed by atoms with Crippen molar-refractivity contribution in [3.05, 3.63) is 77.7 Å². The van der Waals surface area contributed by atoms with Crippen LogP contribution in [0.2, 0.25) is 0 Å². The predicted molar refractivity (Wildman–Crippen MR) is 123 cm³/mol. The third kappa shape index (κ3) is 2.86. The van der Waals surface area contributed by atoms with Gasteiger partial charge in [-0.1, -0.05) is 18.2 Å². The minimum atomic E-state index is 0.123. The molecule has 162 valence electrons. The second-order valence-electron chi connectivity index (χ2n) is 8.87. The average molecular weight is 427 g/mol. The van der Waals surface area contributed by atoms with Gasteiger partial charge in [-0.05, 0) is 48.7 Å². The smallest absolute Gasteiger partial charge is 0.227 e. The molecular weight excluding hydrogens is 400 g/mol. The molecule has 1 fully saturated rings. The fourth-order valence-corrected chi connectivity index (χ4v) is 5.62. The van der Waals surface area contributed by atoms with Crippen LogP contribution in [0, 0.1) is 0 Å². The first-order valence-electron chi connectivity index (χ1n) is 11.2. The Labute approximate surface area is 187 Å². The van der Waals surface area contributed by atoms with Crippen LogP contribution in [0.4, 0.5) is 0 Å². The van der Waals surface area contributed by atoms with Crippen LogP contribution in [-0.4, -0.2) is 38.3 Å². The van der Waals surface area contributed by atoms with Gasteiger partial charge in [0, 0.05) is 42.2 Å². The quantitative estimate of drug-likeness (QED) is 0.491. The van der Waals surface area contributed by atoms with E-state index in [1.54, 1.807) is 7.11 Å². The van der Waals surface area contributed by atoms with E-state index in [0.717, 1.165) is 36.3 Å². The van der Waals surface area contributed by atoms with Crippen molar-refractivity contribution in [2.24, 2.45) is 7.05 Å². The van der Waals surface area contributed by atoms with Crippen molar-refractivity contribution in [1.29, 1.82) is 0 Å². The number of nitrogens with zero attached hydrogens (tertiary/aromatic N) is 4. The Morgan fingerprint density at radius 3 is 2.75 bits per heavy atom. The summed E-state index contributed by atoms with van der Waals surface area (Å²) >= 11 is 0. The summed E-state index contributed by atoms with van der Waals surface area (Å²) in [6, 6.07) is 16.6. The molecule has 0 aliphatic carbocycles. The molecule has 6 nitrogen and oxygen atoms in total. The van der Waals surface area contributed by atoms with Crippen molar-refractivity contribution in [2.75, 3.05) is 7.11 Å². The number of benzene rings is 2. The van der Waals surface area contributed by atoms with E-state index in [9.17, 15) is 4.79 Å². The molecule has 6 rings (SSSR count). The summed E-state index contributed by atoms with van der Waals surface area (Å²) in [7, 11) is 3.72. The molecule has 4 heterocycles. The summed E-state index contributed by atoms with van der Waals surface area (Å²) in [5.74, 6) is 1.05. The molecule has 1 amide bonds. The second-order valence-corrected chi connectivity index (χ2v) is 8.87. The Balaban J connectivity index is 1.30. The highest BCUT2D eigenvalue weighted by molar-refractivity contribution is 5.89. The molecule has 1 saturated heterocycles. The van der Waals surface area contributed by atoms with Crippen LogP contribution in [0.1, 0.15) is 35.7 Å². The zero-order chi connectivity index (χ0) is 21.8. The fourth-order valence-electron chi connectivity index (χ4n) is 5.62. The van der Waals surface area contributed by atoms with E-state index in [1.807, 2.05) is 54.3 Å². The molecule has 2 aliphatic heterocycles. The first-order chi connectivity index (χ1) is 15.6. The van der Waals surface area contributed by atoms with Crippen LogP contribution in [0.3, 0.4) is 0 Å². The number of fused-ring (bicyclic) bond motifs is 5. The van der Waals surface area contributed by atoms with Crippen molar-refractivity contribution in [1.82, 2.24) is 19.2 Å². The van der Waals surface area contributed by atoms with Crippen LogP contribution < -0.4 is 4.74 Å². The number of ether oxygens (including phenoxy) is 1. The highest BCUT2D eigenvalue weighted by atomic mass is 16.5. The minimum Gasteiger partial charge on any atom is -0.497 e. The lowest BCUT2D eigenvalue weighted by Crippen LogP contribution is -2.42. The lowest BCUT2D eigenvalue weighted by atomic mass is 9.98. The first kappa shape index (κ1) is 19.2.